The van der Waals surface area contributed by atoms with E-state index in [1.54, 1.807) is 6.92 Å². The molecule has 0 radical (unpaired) electrons. The highest BCUT2D eigenvalue weighted by molar-refractivity contribution is 9.10. The minimum Gasteiger partial charge on any atom is -0.492 e. The van der Waals surface area contributed by atoms with Crippen LogP contribution in [0.2, 0.25) is 0 Å². The van der Waals surface area contributed by atoms with Crippen LogP contribution in [0.5, 0.6) is 5.75 Å². The Bertz CT molecular complexity index is 765. The zero-order chi connectivity index (χ0) is 18.4. The monoisotopic (exact) mass is 406 g/mol. The number of rotatable bonds is 8. The third-order valence-corrected chi connectivity index (χ3v) is 4.43. The van der Waals surface area contributed by atoms with E-state index in [1.165, 1.54) is 12.8 Å². The van der Waals surface area contributed by atoms with Crippen LogP contribution in [0.3, 0.4) is 0 Å². The van der Waals surface area contributed by atoms with E-state index in [2.05, 4.69) is 32.8 Å². The maximum Gasteiger partial charge on any atom is 0.252 e. The van der Waals surface area contributed by atoms with E-state index in [9.17, 15) is 4.79 Å². The van der Waals surface area contributed by atoms with E-state index in [4.69, 9.17) is 16.2 Å². The summed E-state index contributed by atoms with van der Waals surface area (Å²) in [5, 5.41) is 0. The Labute approximate surface area is 156 Å². The zero-order valence-electron chi connectivity index (χ0n) is 14.5. The number of aromatic nitrogens is 2. The number of ether oxygens (including phenoxy) is 1. The molecule has 7 heteroatoms. The normalized spacial score (nSPS) is 10.7. The molecule has 1 heterocycles. The summed E-state index contributed by atoms with van der Waals surface area (Å²) in [6, 6.07) is 5.52. The van der Waals surface area contributed by atoms with Crippen LogP contribution in [0.4, 0.5) is 5.95 Å². The lowest BCUT2D eigenvalue weighted by Crippen LogP contribution is -2.17. The molecule has 25 heavy (non-hydrogen) atoms. The second-order valence-corrected chi connectivity index (χ2v) is 6.66. The molecular weight excluding hydrogens is 384 g/mol. The van der Waals surface area contributed by atoms with Gasteiger partial charge >= 0.3 is 0 Å². The van der Waals surface area contributed by atoms with Crippen molar-refractivity contribution in [2.45, 2.75) is 39.5 Å². The fraction of sp³-hybridized carbons (Fsp3) is 0.389. The highest BCUT2D eigenvalue weighted by Gasteiger charge is 2.18. The number of carbonyl (C=O) groups is 1. The minimum atomic E-state index is -0.583. The van der Waals surface area contributed by atoms with Gasteiger partial charge in [-0.3, -0.25) is 4.79 Å². The van der Waals surface area contributed by atoms with Gasteiger partial charge in [0.2, 0.25) is 5.95 Å². The molecule has 0 unspecified atom stereocenters. The maximum atomic E-state index is 11.8. The van der Waals surface area contributed by atoms with Crippen LogP contribution >= 0.6 is 15.9 Å². The molecule has 6 nitrogen and oxygen atoms in total. The number of nitrogens with two attached hydrogens (primary N) is 2. The number of halogens is 1. The first-order chi connectivity index (χ1) is 11.9. The Balaban J connectivity index is 2.25. The van der Waals surface area contributed by atoms with Gasteiger partial charge in [0.1, 0.15) is 5.75 Å². The number of anilines is 1. The molecule has 0 aliphatic heterocycles. The lowest BCUT2D eigenvalue weighted by molar-refractivity contribution is 0.0999. The molecule has 0 spiro atoms. The molecule has 2 aromatic rings. The van der Waals surface area contributed by atoms with Crippen molar-refractivity contribution in [3.8, 4) is 17.0 Å². The molecule has 1 aromatic carbocycles. The molecule has 0 aliphatic rings. The number of carbonyl (C=O) groups excluding carboxylic acids is 1. The van der Waals surface area contributed by atoms with Crippen molar-refractivity contribution >= 4 is 27.8 Å². The number of hydrogen-bond donors (Lipinski definition) is 2. The molecule has 0 bridgehead atoms. The number of amides is 1. The quantitative estimate of drug-likeness (QED) is 0.647. The Morgan fingerprint density at radius 3 is 2.64 bits per heavy atom. The van der Waals surface area contributed by atoms with Crippen molar-refractivity contribution in [1.82, 2.24) is 9.97 Å². The van der Waals surface area contributed by atoms with Gasteiger partial charge in [0.25, 0.3) is 5.91 Å². The summed E-state index contributed by atoms with van der Waals surface area (Å²) in [6.07, 6.45) is 4.60. The number of nitrogens with zero attached hydrogens (tertiary/aromatic N) is 2. The van der Waals surface area contributed by atoms with Crippen LogP contribution in [0.15, 0.2) is 22.7 Å². The van der Waals surface area contributed by atoms with Crippen molar-refractivity contribution in [2.24, 2.45) is 5.73 Å². The average Bonchev–Trinajstić information content (AvgIpc) is 2.54. The molecule has 0 saturated carbocycles. The van der Waals surface area contributed by atoms with E-state index in [-0.39, 0.29) is 11.5 Å². The molecule has 1 amide bonds. The Hall–Kier alpha value is -2.15. The number of benzene rings is 1. The van der Waals surface area contributed by atoms with Crippen molar-refractivity contribution < 1.29 is 9.53 Å². The second-order valence-electron chi connectivity index (χ2n) is 5.81. The Kier molecular flexibility index (Phi) is 6.75. The van der Waals surface area contributed by atoms with E-state index in [1.807, 2.05) is 18.2 Å². The van der Waals surface area contributed by atoms with Gasteiger partial charge in [-0.2, -0.15) is 0 Å². The predicted octanol–water partition coefficient (Wildman–Crippen LogP) is 3.85. The highest BCUT2D eigenvalue weighted by atomic mass is 79.9. The van der Waals surface area contributed by atoms with Gasteiger partial charge in [0.05, 0.1) is 28.0 Å². The lowest BCUT2D eigenvalue weighted by atomic mass is 10.0. The van der Waals surface area contributed by atoms with Crippen LogP contribution in [0, 0.1) is 6.92 Å². The van der Waals surface area contributed by atoms with Gasteiger partial charge in [-0.1, -0.05) is 26.2 Å². The summed E-state index contributed by atoms with van der Waals surface area (Å²) in [6.45, 7) is 4.53. The molecule has 4 N–H and O–H groups in total. The second kappa shape index (κ2) is 8.80. The van der Waals surface area contributed by atoms with Gasteiger partial charge in [-0.05, 0) is 47.5 Å². The van der Waals surface area contributed by atoms with Gasteiger partial charge in [0.15, 0.2) is 0 Å². The molecule has 0 atom stereocenters. The fourth-order valence-corrected chi connectivity index (χ4v) is 3.07. The zero-order valence-corrected chi connectivity index (χ0v) is 16.1. The predicted molar refractivity (Wildman–Crippen MR) is 102 cm³/mol. The summed E-state index contributed by atoms with van der Waals surface area (Å²) in [4.78, 5) is 20.0. The lowest BCUT2D eigenvalue weighted by Gasteiger charge is -2.12. The smallest absolute Gasteiger partial charge is 0.252 e. The number of nitrogen functional groups attached to an aromatic ring is 1. The topological polar surface area (TPSA) is 104 Å². The first-order valence-electron chi connectivity index (χ1n) is 8.30. The Morgan fingerprint density at radius 1 is 1.24 bits per heavy atom. The maximum absolute atomic E-state index is 11.8. The molecule has 0 aliphatic carbocycles. The average molecular weight is 407 g/mol. The summed E-state index contributed by atoms with van der Waals surface area (Å²) < 4.78 is 6.59. The first-order valence-corrected chi connectivity index (χ1v) is 9.10. The Morgan fingerprint density at radius 2 is 2.00 bits per heavy atom. The van der Waals surface area contributed by atoms with Crippen LogP contribution in [0.25, 0.3) is 11.3 Å². The van der Waals surface area contributed by atoms with Crippen molar-refractivity contribution in [3.63, 3.8) is 0 Å². The summed E-state index contributed by atoms with van der Waals surface area (Å²) in [5.74, 6) is 0.268. The van der Waals surface area contributed by atoms with Crippen LogP contribution < -0.4 is 16.2 Å². The molecule has 0 saturated heterocycles. The van der Waals surface area contributed by atoms with Crippen LogP contribution in [-0.2, 0) is 0 Å². The first kappa shape index (κ1) is 19.2. The number of unbranched alkanes of at least 4 members (excludes halogenated alkanes) is 3. The molecule has 2 rings (SSSR count). The fourth-order valence-electron chi connectivity index (χ4n) is 2.57. The SMILES string of the molecule is CCCCCCOc1ccc(-c2nc(N)nc(C)c2C(N)=O)cc1Br. The highest BCUT2D eigenvalue weighted by Crippen LogP contribution is 2.32. The van der Waals surface area contributed by atoms with Crippen LogP contribution in [-0.4, -0.2) is 22.5 Å². The summed E-state index contributed by atoms with van der Waals surface area (Å²) in [7, 11) is 0. The number of aryl methyl sites for hydroxylation is 1. The summed E-state index contributed by atoms with van der Waals surface area (Å²) in [5.41, 5.74) is 13.1. The van der Waals surface area contributed by atoms with Crippen LogP contribution in [0.1, 0.15) is 48.7 Å². The summed E-state index contributed by atoms with van der Waals surface area (Å²) >= 11 is 3.51. The van der Waals surface area contributed by atoms with Crippen molar-refractivity contribution in [2.75, 3.05) is 12.3 Å². The van der Waals surface area contributed by atoms with E-state index >= 15 is 0 Å². The standard InChI is InChI=1S/C18H23BrN4O2/c1-3-4-5-6-9-25-14-8-7-12(10-13(14)19)16-15(17(20)24)11(2)22-18(21)23-16/h7-8,10H,3-6,9H2,1-2H3,(H2,20,24)(H2,21,22,23). The van der Waals surface area contributed by atoms with Gasteiger partial charge in [-0.15, -0.1) is 0 Å². The van der Waals surface area contributed by atoms with Crippen molar-refractivity contribution in [1.29, 1.82) is 0 Å². The number of primary amides is 1. The molecule has 1 aromatic heterocycles. The molecule has 0 fully saturated rings. The van der Waals surface area contributed by atoms with E-state index in [0.29, 0.717) is 18.0 Å². The number of hydrogen-bond acceptors (Lipinski definition) is 5. The minimum absolute atomic E-state index is 0.102. The van der Waals surface area contributed by atoms with E-state index in [0.717, 1.165) is 28.6 Å². The van der Waals surface area contributed by atoms with Gasteiger partial charge in [0, 0.05) is 5.56 Å². The third-order valence-electron chi connectivity index (χ3n) is 3.81. The molecular formula is C18H23BrN4O2. The largest absolute Gasteiger partial charge is 0.492 e. The third kappa shape index (κ3) is 4.92. The van der Waals surface area contributed by atoms with E-state index < -0.39 is 5.91 Å². The van der Waals surface area contributed by atoms with Gasteiger partial charge < -0.3 is 16.2 Å². The van der Waals surface area contributed by atoms with Crippen molar-refractivity contribution in [3.05, 3.63) is 33.9 Å². The molecule has 134 valence electrons. The van der Waals surface area contributed by atoms with Gasteiger partial charge in [-0.25, -0.2) is 9.97 Å².